The van der Waals surface area contributed by atoms with Crippen LogP contribution < -0.4 is 5.43 Å². The number of nitrogens with one attached hydrogen (secondary N) is 1. The van der Waals surface area contributed by atoms with Crippen molar-refractivity contribution in [3.05, 3.63) is 73.0 Å². The minimum atomic E-state index is 0.853. The Labute approximate surface area is 152 Å². The number of hydrogen-bond acceptors (Lipinski definition) is 2. The maximum atomic E-state index is 4.31. The van der Waals surface area contributed by atoms with Crippen molar-refractivity contribution in [1.29, 1.82) is 0 Å². The van der Waals surface area contributed by atoms with Gasteiger partial charge in [-0.15, -0.1) is 0 Å². The standard InChI is InChI=1S/C16H22N2.3C2H6/c1-6-10-13-16(9-4)18-17-14(5)15(11-7-2)12-8-3;3*1-2/h6-13,18H,2,4H2,1,3,5H3;3*1-2H3/b10-6-,12-8-,15-11+,16-13+,17-14-;;;. The Morgan fingerprint density at radius 2 is 1.42 bits per heavy atom. The van der Waals surface area contributed by atoms with E-state index < -0.39 is 0 Å². The summed E-state index contributed by atoms with van der Waals surface area (Å²) in [5.74, 6) is 0. The molecule has 1 N–H and O–H groups in total. The van der Waals surface area contributed by atoms with Crippen molar-refractivity contribution in [1.82, 2.24) is 5.43 Å². The van der Waals surface area contributed by atoms with Crippen molar-refractivity contribution in [2.24, 2.45) is 5.10 Å². The van der Waals surface area contributed by atoms with Crippen LogP contribution in [0.3, 0.4) is 0 Å². The van der Waals surface area contributed by atoms with Crippen LogP contribution in [0, 0.1) is 0 Å². The van der Waals surface area contributed by atoms with Gasteiger partial charge in [-0.05, 0) is 38.5 Å². The lowest BCUT2D eigenvalue weighted by atomic mass is 10.1. The summed E-state index contributed by atoms with van der Waals surface area (Å²) in [6.45, 7) is 25.3. The van der Waals surface area contributed by atoms with E-state index in [4.69, 9.17) is 0 Å². The molecule has 0 unspecified atom stereocenters. The van der Waals surface area contributed by atoms with Crippen LogP contribution in [0.25, 0.3) is 0 Å². The quantitative estimate of drug-likeness (QED) is 0.294. The van der Waals surface area contributed by atoms with E-state index in [1.54, 1.807) is 12.2 Å². The Hall–Kier alpha value is -2.09. The van der Waals surface area contributed by atoms with Gasteiger partial charge in [0.15, 0.2) is 0 Å². The van der Waals surface area contributed by atoms with Crippen LogP contribution in [-0.4, -0.2) is 5.71 Å². The maximum absolute atomic E-state index is 4.31. The molecule has 0 aromatic carbocycles. The van der Waals surface area contributed by atoms with Crippen LogP contribution in [0.1, 0.15) is 62.3 Å². The molecule has 0 aromatic rings. The lowest BCUT2D eigenvalue weighted by Gasteiger charge is -2.04. The molecule has 0 saturated heterocycles. The topological polar surface area (TPSA) is 24.4 Å². The average Bonchev–Trinajstić information content (AvgIpc) is 2.66. The number of hydrazone groups is 1. The zero-order valence-electron chi connectivity index (χ0n) is 17.5. The first-order valence-electron chi connectivity index (χ1n) is 8.91. The maximum Gasteiger partial charge on any atom is 0.0648 e. The van der Waals surface area contributed by atoms with Gasteiger partial charge in [0.1, 0.15) is 0 Å². The predicted molar refractivity (Wildman–Crippen MR) is 116 cm³/mol. The Morgan fingerprint density at radius 3 is 1.79 bits per heavy atom. The van der Waals surface area contributed by atoms with Crippen molar-refractivity contribution in [3.63, 3.8) is 0 Å². The highest BCUT2D eigenvalue weighted by Gasteiger charge is 1.96. The number of nitrogens with zero attached hydrogens (tertiary/aromatic N) is 1. The van der Waals surface area contributed by atoms with E-state index >= 15 is 0 Å². The first kappa shape index (κ1) is 29.9. The molecule has 0 heterocycles. The fourth-order valence-corrected chi connectivity index (χ4v) is 1.17. The van der Waals surface area contributed by atoms with Gasteiger partial charge in [0.25, 0.3) is 0 Å². The van der Waals surface area contributed by atoms with E-state index in [1.165, 1.54) is 0 Å². The first-order valence-corrected chi connectivity index (χ1v) is 8.91. The smallest absolute Gasteiger partial charge is 0.0648 e. The summed E-state index contributed by atoms with van der Waals surface area (Å²) in [5.41, 5.74) is 5.74. The average molecular weight is 333 g/mol. The molecule has 0 saturated carbocycles. The number of allylic oxidation sites excluding steroid dienone is 9. The molecule has 0 amide bonds. The predicted octanol–water partition coefficient (Wildman–Crippen LogP) is 7.37. The molecule has 0 aromatic heterocycles. The summed E-state index contributed by atoms with van der Waals surface area (Å²) in [6.07, 6.45) is 15.2. The van der Waals surface area contributed by atoms with Gasteiger partial charge in [-0.25, -0.2) is 0 Å². The van der Waals surface area contributed by atoms with Crippen molar-refractivity contribution < 1.29 is 0 Å². The third-order valence-electron chi connectivity index (χ3n) is 2.10. The van der Waals surface area contributed by atoms with Crippen LogP contribution >= 0.6 is 0 Å². The molecule has 0 bridgehead atoms. The van der Waals surface area contributed by atoms with E-state index in [9.17, 15) is 0 Å². The molecule has 0 fully saturated rings. The molecule has 0 aliphatic carbocycles. The van der Waals surface area contributed by atoms with Crippen molar-refractivity contribution in [2.45, 2.75) is 62.3 Å². The zero-order chi connectivity index (χ0) is 19.8. The summed E-state index contributed by atoms with van der Waals surface area (Å²) in [5, 5.41) is 4.31. The minimum absolute atomic E-state index is 0.853. The molecule has 0 atom stereocenters. The van der Waals surface area contributed by atoms with Gasteiger partial charge in [0.2, 0.25) is 0 Å². The highest BCUT2D eigenvalue weighted by Crippen LogP contribution is 2.02. The van der Waals surface area contributed by atoms with E-state index in [-0.39, 0.29) is 0 Å². The summed E-state index contributed by atoms with van der Waals surface area (Å²) in [4.78, 5) is 0. The zero-order valence-corrected chi connectivity index (χ0v) is 17.5. The van der Waals surface area contributed by atoms with Gasteiger partial charge >= 0.3 is 0 Å². The first-order chi connectivity index (χ1) is 11.7. The molecule has 0 aliphatic rings. The monoisotopic (exact) mass is 332 g/mol. The van der Waals surface area contributed by atoms with Crippen LogP contribution in [-0.2, 0) is 0 Å². The van der Waals surface area contributed by atoms with Crippen LogP contribution in [0.5, 0.6) is 0 Å². The van der Waals surface area contributed by atoms with Gasteiger partial charge in [0, 0.05) is 0 Å². The third-order valence-corrected chi connectivity index (χ3v) is 2.10. The fraction of sp³-hybridized carbons (Fsp3) is 0.409. The normalized spacial score (nSPS) is 11.5. The van der Waals surface area contributed by atoms with Crippen LogP contribution in [0.4, 0.5) is 0 Å². The molecule has 0 rings (SSSR count). The lowest BCUT2D eigenvalue weighted by Crippen LogP contribution is -2.07. The second-order valence-electron chi connectivity index (χ2n) is 3.52. The van der Waals surface area contributed by atoms with Gasteiger partial charge in [0.05, 0.1) is 11.4 Å². The van der Waals surface area contributed by atoms with E-state index in [2.05, 4.69) is 23.7 Å². The highest BCUT2D eigenvalue weighted by atomic mass is 15.3. The lowest BCUT2D eigenvalue weighted by molar-refractivity contribution is 0.916. The van der Waals surface area contributed by atoms with E-state index in [1.807, 2.05) is 98.8 Å². The Bertz CT molecular complexity index is 419. The molecule has 0 radical (unpaired) electrons. The largest absolute Gasteiger partial charge is 0.278 e. The molecule has 24 heavy (non-hydrogen) atoms. The molecule has 2 heteroatoms. The molecule has 2 nitrogen and oxygen atoms in total. The molecular weight excluding hydrogens is 292 g/mol. The molecule has 138 valence electrons. The molecule has 0 aliphatic heterocycles. The van der Waals surface area contributed by atoms with Crippen molar-refractivity contribution in [2.75, 3.05) is 0 Å². The van der Waals surface area contributed by atoms with Crippen molar-refractivity contribution >= 4 is 5.71 Å². The number of rotatable bonds is 7. The highest BCUT2D eigenvalue weighted by molar-refractivity contribution is 6.00. The minimum Gasteiger partial charge on any atom is -0.278 e. The Kier molecular flexibility index (Phi) is 36.1. The summed E-state index contributed by atoms with van der Waals surface area (Å²) in [6, 6.07) is 0. The molecule has 0 spiro atoms. The third kappa shape index (κ3) is 19.9. The Morgan fingerprint density at radius 1 is 0.875 bits per heavy atom. The van der Waals surface area contributed by atoms with Crippen LogP contribution in [0.2, 0.25) is 0 Å². The van der Waals surface area contributed by atoms with Gasteiger partial charge in [-0.2, -0.15) is 5.10 Å². The fourth-order valence-electron chi connectivity index (χ4n) is 1.17. The van der Waals surface area contributed by atoms with Gasteiger partial charge < -0.3 is 0 Å². The van der Waals surface area contributed by atoms with Crippen LogP contribution in [0.15, 0.2) is 78.1 Å². The second kappa shape index (κ2) is 29.0. The summed E-state index contributed by atoms with van der Waals surface area (Å²) >= 11 is 0. The van der Waals surface area contributed by atoms with E-state index in [0.29, 0.717) is 0 Å². The summed E-state index contributed by atoms with van der Waals surface area (Å²) in [7, 11) is 0. The Balaban J connectivity index is -0.000000297. The van der Waals surface area contributed by atoms with Gasteiger partial charge in [-0.1, -0.05) is 91.2 Å². The van der Waals surface area contributed by atoms with Gasteiger partial charge in [-0.3, -0.25) is 5.43 Å². The SMILES string of the molecule is C=C/C=C(\C=C/C)C(/C)=N\N/C(C=C)=C/C=C\C.CC.CC.CC. The van der Waals surface area contributed by atoms with E-state index in [0.717, 1.165) is 17.0 Å². The summed E-state index contributed by atoms with van der Waals surface area (Å²) < 4.78 is 0. The molecular formula is C22H40N2. The second-order valence-corrected chi connectivity index (χ2v) is 3.52. The van der Waals surface area contributed by atoms with Crippen molar-refractivity contribution in [3.8, 4) is 0 Å². The number of hydrogen-bond donors (Lipinski definition) is 1.